The predicted octanol–water partition coefficient (Wildman–Crippen LogP) is 3.99. The largest absolute Gasteiger partial charge is 0.383 e. The summed E-state index contributed by atoms with van der Waals surface area (Å²) >= 11 is 0. The minimum Gasteiger partial charge on any atom is -0.383 e. The number of hydrogen-bond acceptors (Lipinski definition) is 5. The molecule has 1 aromatic carbocycles. The first-order valence-corrected chi connectivity index (χ1v) is 11.3. The number of amidine groups is 1. The molecule has 32 heavy (non-hydrogen) atoms. The maximum absolute atomic E-state index is 12.6. The second-order valence-corrected chi connectivity index (χ2v) is 8.74. The molecular formula is C24H31N7O. The van der Waals surface area contributed by atoms with Crippen LogP contribution in [0.5, 0.6) is 0 Å². The van der Waals surface area contributed by atoms with Crippen LogP contribution in [0.15, 0.2) is 58.7 Å². The maximum Gasteiger partial charge on any atom is 0.261 e. The van der Waals surface area contributed by atoms with E-state index in [0.717, 1.165) is 24.1 Å². The molecule has 0 aliphatic heterocycles. The van der Waals surface area contributed by atoms with Crippen LogP contribution in [0, 0.1) is 5.92 Å². The fourth-order valence-corrected chi connectivity index (χ4v) is 4.47. The van der Waals surface area contributed by atoms with E-state index in [2.05, 4.69) is 39.5 Å². The topological polar surface area (TPSA) is 114 Å². The summed E-state index contributed by atoms with van der Waals surface area (Å²) in [5.41, 5.74) is 9.02. The molecule has 1 aliphatic carbocycles. The van der Waals surface area contributed by atoms with Crippen molar-refractivity contribution in [3.63, 3.8) is 0 Å². The highest BCUT2D eigenvalue weighted by molar-refractivity contribution is 6.03. The van der Waals surface area contributed by atoms with E-state index in [-0.39, 0.29) is 17.4 Å². The Kier molecular flexibility index (Phi) is 6.68. The van der Waals surface area contributed by atoms with Gasteiger partial charge in [-0.25, -0.2) is 9.67 Å². The smallest absolute Gasteiger partial charge is 0.261 e. The lowest BCUT2D eigenvalue weighted by Crippen LogP contribution is -2.29. The number of nitrogens with two attached hydrogens (primary N) is 1. The van der Waals surface area contributed by atoms with Crippen molar-refractivity contribution >= 4 is 17.2 Å². The second-order valence-electron chi connectivity index (χ2n) is 8.74. The van der Waals surface area contributed by atoms with Crippen LogP contribution in [0.25, 0.3) is 0 Å². The van der Waals surface area contributed by atoms with Gasteiger partial charge in [0.05, 0.1) is 23.6 Å². The number of benzene rings is 1. The minimum atomic E-state index is -0.241. The summed E-state index contributed by atoms with van der Waals surface area (Å²) in [4.78, 5) is 19.9. The summed E-state index contributed by atoms with van der Waals surface area (Å²) in [6.45, 7) is 4.30. The molecule has 1 aliphatic rings. The summed E-state index contributed by atoms with van der Waals surface area (Å²) in [6.07, 6.45) is 11.1. The van der Waals surface area contributed by atoms with Gasteiger partial charge in [-0.05, 0) is 42.5 Å². The molecule has 1 unspecified atom stereocenters. The molecule has 4 N–H and O–H groups in total. The van der Waals surface area contributed by atoms with E-state index in [9.17, 15) is 4.79 Å². The normalized spacial score (nSPS) is 16.3. The van der Waals surface area contributed by atoms with Gasteiger partial charge in [0.25, 0.3) is 5.56 Å². The molecule has 0 amide bonds. The molecule has 1 fully saturated rings. The van der Waals surface area contributed by atoms with E-state index < -0.39 is 0 Å². The van der Waals surface area contributed by atoms with Gasteiger partial charge in [0.2, 0.25) is 0 Å². The van der Waals surface area contributed by atoms with Gasteiger partial charge in [-0.2, -0.15) is 0 Å². The summed E-state index contributed by atoms with van der Waals surface area (Å²) < 4.78 is 1.87. The van der Waals surface area contributed by atoms with Crippen molar-refractivity contribution in [3.05, 3.63) is 70.4 Å². The Morgan fingerprint density at radius 3 is 2.59 bits per heavy atom. The van der Waals surface area contributed by atoms with E-state index in [4.69, 9.17) is 5.73 Å². The zero-order chi connectivity index (χ0) is 22.5. The van der Waals surface area contributed by atoms with Crippen LogP contribution >= 0.6 is 0 Å². The van der Waals surface area contributed by atoms with Crippen molar-refractivity contribution in [1.29, 1.82) is 0 Å². The van der Waals surface area contributed by atoms with Gasteiger partial charge in [0.15, 0.2) is 0 Å². The molecule has 0 bridgehead atoms. The summed E-state index contributed by atoms with van der Waals surface area (Å²) in [7, 11) is 0. The molecule has 0 spiro atoms. The SMILES string of the molecule is CC(C)C(c1ccc(N=C(N)c2c(NC3CCCCC3)cc[nH]c2=O)cc1)n1ccnn1. The molecule has 2 heterocycles. The van der Waals surface area contributed by atoms with E-state index in [1.54, 1.807) is 12.4 Å². The van der Waals surface area contributed by atoms with Crippen LogP contribution in [-0.2, 0) is 0 Å². The van der Waals surface area contributed by atoms with Crippen molar-refractivity contribution in [2.75, 3.05) is 5.32 Å². The third kappa shape index (κ3) is 4.90. The summed E-state index contributed by atoms with van der Waals surface area (Å²) in [5.74, 6) is 0.544. The van der Waals surface area contributed by atoms with Crippen LogP contribution in [0.1, 0.15) is 63.1 Å². The van der Waals surface area contributed by atoms with Gasteiger partial charge >= 0.3 is 0 Å². The number of anilines is 1. The Hall–Kier alpha value is -3.42. The van der Waals surface area contributed by atoms with Gasteiger partial charge in [0, 0.05) is 18.4 Å². The molecule has 168 valence electrons. The lowest BCUT2D eigenvalue weighted by Gasteiger charge is -2.24. The van der Waals surface area contributed by atoms with Gasteiger partial charge in [-0.15, -0.1) is 5.10 Å². The van der Waals surface area contributed by atoms with Crippen molar-refractivity contribution in [3.8, 4) is 0 Å². The number of aromatic nitrogens is 4. The molecule has 8 nitrogen and oxygen atoms in total. The van der Waals surface area contributed by atoms with E-state index >= 15 is 0 Å². The monoisotopic (exact) mass is 433 g/mol. The quantitative estimate of drug-likeness (QED) is 0.385. The third-order valence-corrected chi connectivity index (χ3v) is 6.02. The first-order chi connectivity index (χ1) is 15.5. The molecule has 1 saturated carbocycles. The zero-order valence-corrected chi connectivity index (χ0v) is 18.7. The third-order valence-electron chi connectivity index (χ3n) is 6.02. The predicted molar refractivity (Wildman–Crippen MR) is 127 cm³/mol. The van der Waals surface area contributed by atoms with Gasteiger partial charge in [-0.1, -0.05) is 50.5 Å². The summed E-state index contributed by atoms with van der Waals surface area (Å²) in [5, 5.41) is 11.6. The Balaban J connectivity index is 1.59. The highest BCUT2D eigenvalue weighted by atomic mass is 16.1. The molecule has 3 aromatic rings. The Morgan fingerprint density at radius 2 is 1.94 bits per heavy atom. The zero-order valence-electron chi connectivity index (χ0n) is 18.7. The molecule has 8 heteroatoms. The molecule has 4 rings (SSSR count). The highest BCUT2D eigenvalue weighted by Gasteiger charge is 2.19. The van der Waals surface area contributed by atoms with E-state index in [1.807, 2.05) is 41.2 Å². The van der Waals surface area contributed by atoms with Gasteiger partial charge in [-0.3, -0.25) is 4.79 Å². The standard InChI is InChI=1S/C24H31N7O/c1-16(2)22(31-15-14-27-30-31)17-8-10-19(11-9-17)29-23(25)21-20(12-13-26-24(21)32)28-18-6-4-3-5-7-18/h8-16,18,22H,3-7H2,1-2H3,(H2,25,29)(H2,26,28,32). The highest BCUT2D eigenvalue weighted by Crippen LogP contribution is 2.28. The van der Waals surface area contributed by atoms with Crippen molar-refractivity contribution in [2.24, 2.45) is 16.6 Å². The lowest BCUT2D eigenvalue weighted by molar-refractivity contribution is 0.394. The fraction of sp³-hybridized carbons (Fsp3) is 0.417. The number of nitrogens with one attached hydrogen (secondary N) is 2. The Morgan fingerprint density at radius 1 is 1.19 bits per heavy atom. The molecule has 0 saturated heterocycles. The van der Waals surface area contributed by atoms with Crippen LogP contribution in [0.2, 0.25) is 0 Å². The first kappa shape index (κ1) is 21.8. The number of H-pyrrole nitrogens is 1. The molecule has 2 aromatic heterocycles. The van der Waals surface area contributed by atoms with Gasteiger partial charge in [0.1, 0.15) is 11.4 Å². The number of nitrogens with zero attached hydrogens (tertiary/aromatic N) is 4. The maximum atomic E-state index is 12.6. The fourth-order valence-electron chi connectivity index (χ4n) is 4.47. The number of aromatic amines is 1. The van der Waals surface area contributed by atoms with Crippen LogP contribution in [-0.4, -0.2) is 31.9 Å². The van der Waals surface area contributed by atoms with Crippen LogP contribution in [0.4, 0.5) is 11.4 Å². The van der Waals surface area contributed by atoms with Crippen molar-refractivity contribution < 1.29 is 0 Å². The van der Waals surface area contributed by atoms with E-state index in [1.165, 1.54) is 19.3 Å². The Labute approximate surface area is 188 Å². The molecule has 1 atom stereocenters. The van der Waals surface area contributed by atoms with Crippen molar-refractivity contribution in [1.82, 2.24) is 20.0 Å². The van der Waals surface area contributed by atoms with Crippen LogP contribution < -0.4 is 16.6 Å². The first-order valence-electron chi connectivity index (χ1n) is 11.3. The number of aliphatic imine (C=N–C) groups is 1. The minimum absolute atomic E-state index is 0.0798. The Bertz CT molecular complexity index is 1090. The number of rotatable bonds is 7. The lowest BCUT2D eigenvalue weighted by atomic mass is 9.95. The van der Waals surface area contributed by atoms with Crippen molar-refractivity contribution in [2.45, 2.75) is 58.0 Å². The average molecular weight is 434 g/mol. The van der Waals surface area contributed by atoms with Crippen LogP contribution in [0.3, 0.4) is 0 Å². The number of pyridine rings is 1. The molecule has 0 radical (unpaired) electrons. The summed E-state index contributed by atoms with van der Waals surface area (Å²) in [6, 6.07) is 10.2. The molecular weight excluding hydrogens is 402 g/mol. The number of hydrogen-bond donors (Lipinski definition) is 3. The second kappa shape index (κ2) is 9.80. The van der Waals surface area contributed by atoms with E-state index in [0.29, 0.717) is 23.2 Å². The van der Waals surface area contributed by atoms with Gasteiger partial charge < -0.3 is 16.0 Å². The average Bonchev–Trinajstić information content (AvgIpc) is 3.30.